The third-order valence-corrected chi connectivity index (χ3v) is 10.4. The number of nitrogens with zero attached hydrogens (tertiary/aromatic N) is 2. The Labute approximate surface area is 316 Å². The van der Waals surface area contributed by atoms with E-state index in [1.165, 1.54) is 18.2 Å². The lowest BCUT2D eigenvalue weighted by molar-refractivity contribution is -0.387. The van der Waals surface area contributed by atoms with E-state index in [1.54, 1.807) is 53.0 Å². The Balaban J connectivity index is 1.96. The van der Waals surface area contributed by atoms with Gasteiger partial charge in [0.15, 0.2) is 12.1 Å². The molecular formula is C39H57FN2O12. The molecule has 0 spiro atoms. The van der Waals surface area contributed by atoms with E-state index in [2.05, 4.69) is 0 Å². The Morgan fingerprint density at radius 1 is 1.13 bits per heavy atom. The van der Waals surface area contributed by atoms with Crippen LogP contribution >= 0.6 is 0 Å². The molecular weight excluding hydrogens is 707 g/mol. The molecule has 54 heavy (non-hydrogen) atoms. The van der Waals surface area contributed by atoms with E-state index in [0.29, 0.717) is 12.7 Å². The van der Waals surface area contributed by atoms with Crippen LogP contribution in [0.15, 0.2) is 42.0 Å². The van der Waals surface area contributed by atoms with Gasteiger partial charge in [0.2, 0.25) is 5.82 Å². The number of aldehydes is 1. The lowest BCUT2D eigenvalue weighted by Crippen LogP contribution is -2.63. The molecule has 0 unspecified atom stereocenters. The average molecular weight is 765 g/mol. The maximum Gasteiger partial charge on any atom is 0.308 e. The highest BCUT2D eigenvalue weighted by molar-refractivity contribution is 5.91. The summed E-state index contributed by atoms with van der Waals surface area (Å²) in [4.78, 5) is 50.9. The van der Waals surface area contributed by atoms with Crippen LogP contribution in [0.1, 0.15) is 65.9 Å². The van der Waals surface area contributed by atoms with Crippen LogP contribution in [0.5, 0.6) is 0 Å². The first-order chi connectivity index (χ1) is 25.5. The number of rotatable bonds is 12. The largest absolute Gasteiger partial charge is 0.462 e. The number of hydrogen-bond acceptors (Lipinski definition) is 13. The summed E-state index contributed by atoms with van der Waals surface area (Å²) < 4.78 is 44.9. The predicted octanol–water partition coefficient (Wildman–Crippen LogP) is 4.33. The van der Waals surface area contributed by atoms with Crippen LogP contribution in [0.2, 0.25) is 0 Å². The molecule has 0 aromatic heterocycles. The van der Waals surface area contributed by atoms with Crippen molar-refractivity contribution in [1.82, 2.24) is 4.90 Å². The number of aliphatic hydroxyl groups excluding tert-OH is 2. The summed E-state index contributed by atoms with van der Waals surface area (Å²) in [5.74, 6) is -4.20. The Hall–Kier alpha value is -3.44. The number of hydrogen-bond donors (Lipinski definition) is 2. The Kier molecular flexibility index (Phi) is 17.5. The van der Waals surface area contributed by atoms with Gasteiger partial charge in [0.05, 0.1) is 48.9 Å². The number of nitro groups is 1. The van der Waals surface area contributed by atoms with E-state index in [-0.39, 0.29) is 43.3 Å². The molecule has 2 N–H and O–H groups in total. The predicted molar refractivity (Wildman–Crippen MR) is 196 cm³/mol. The smallest absolute Gasteiger partial charge is 0.308 e. The highest BCUT2D eigenvalue weighted by atomic mass is 19.1. The Bertz CT molecular complexity index is 1490. The summed E-state index contributed by atoms with van der Waals surface area (Å²) >= 11 is 0. The number of cyclic esters (lactones) is 1. The molecule has 0 amide bonds. The van der Waals surface area contributed by atoms with E-state index in [0.717, 1.165) is 11.6 Å². The molecule has 2 aliphatic heterocycles. The quantitative estimate of drug-likeness (QED) is 0.133. The van der Waals surface area contributed by atoms with Crippen molar-refractivity contribution >= 4 is 23.7 Å². The number of allylic oxidation sites excluding steroid dienone is 3. The molecule has 1 saturated heterocycles. The minimum atomic E-state index is -1.39. The number of carbonyl (C=O) groups excluding carboxylic acids is 3. The first-order valence-corrected chi connectivity index (χ1v) is 18.4. The molecule has 1 fully saturated rings. The lowest BCUT2D eigenvalue weighted by Gasteiger charge is -2.48. The molecule has 14 nitrogen and oxygen atoms in total. The number of ether oxygens (including phenoxy) is 5. The molecule has 3 rings (SSSR count). The summed E-state index contributed by atoms with van der Waals surface area (Å²) in [6, 6.07) is 2.99. The average Bonchev–Trinajstić information content (AvgIpc) is 3.11. The number of nitro benzene ring substituents is 1. The van der Waals surface area contributed by atoms with Crippen molar-refractivity contribution in [2.75, 3.05) is 27.8 Å². The lowest BCUT2D eigenvalue weighted by atomic mass is 9.79. The molecule has 15 heteroatoms. The zero-order chi connectivity index (χ0) is 40.3. The van der Waals surface area contributed by atoms with Crippen LogP contribution in [-0.2, 0) is 44.7 Å². The second-order valence-electron chi connectivity index (χ2n) is 14.7. The van der Waals surface area contributed by atoms with Crippen LogP contribution in [0.3, 0.4) is 0 Å². The molecule has 302 valence electrons. The topological polar surface area (TPSA) is 184 Å². The second kappa shape index (κ2) is 21.0. The van der Waals surface area contributed by atoms with Gasteiger partial charge in [-0.1, -0.05) is 50.6 Å². The molecule has 12 atom stereocenters. The zero-order valence-electron chi connectivity index (χ0n) is 32.5. The molecule has 0 bridgehead atoms. The van der Waals surface area contributed by atoms with Crippen molar-refractivity contribution in [2.24, 2.45) is 23.7 Å². The molecule has 0 saturated carbocycles. The first kappa shape index (κ1) is 45.0. The fraction of sp³-hybridized carbons (Fsp3) is 0.667. The summed E-state index contributed by atoms with van der Waals surface area (Å²) in [7, 11) is 4.94. The number of halogens is 1. The molecule has 2 heterocycles. The van der Waals surface area contributed by atoms with Crippen molar-refractivity contribution in [2.45, 2.75) is 116 Å². The molecule has 1 aromatic carbocycles. The minimum absolute atomic E-state index is 0.0463. The van der Waals surface area contributed by atoms with Gasteiger partial charge in [0, 0.05) is 42.9 Å². The third-order valence-electron chi connectivity index (χ3n) is 10.4. The number of ketones is 1. The van der Waals surface area contributed by atoms with Crippen LogP contribution in [0.25, 0.3) is 0 Å². The molecule has 2 aliphatic rings. The van der Waals surface area contributed by atoms with E-state index in [4.69, 9.17) is 23.7 Å². The zero-order valence-corrected chi connectivity index (χ0v) is 32.5. The van der Waals surface area contributed by atoms with Crippen LogP contribution in [0.4, 0.5) is 10.1 Å². The summed E-state index contributed by atoms with van der Waals surface area (Å²) in [6.45, 7) is 8.69. The van der Waals surface area contributed by atoms with Gasteiger partial charge in [0.25, 0.3) is 0 Å². The number of methoxy groups -OCH3 is 1. The van der Waals surface area contributed by atoms with Crippen molar-refractivity contribution in [1.29, 1.82) is 0 Å². The van der Waals surface area contributed by atoms with Crippen LogP contribution in [-0.4, -0.2) is 115 Å². The monoisotopic (exact) mass is 764 g/mol. The normalized spacial score (nSPS) is 34.9. The van der Waals surface area contributed by atoms with Crippen molar-refractivity contribution < 1.29 is 57.6 Å². The van der Waals surface area contributed by atoms with Gasteiger partial charge in [-0.2, -0.15) is 4.39 Å². The van der Waals surface area contributed by atoms with Gasteiger partial charge in [-0.25, -0.2) is 0 Å². The van der Waals surface area contributed by atoms with Crippen molar-refractivity contribution in [3.05, 3.63) is 63.5 Å². The SMILES string of the molecule is CC[C@H]1OC(=O)C[C@@H](O)[C@H](C)[C@@H](O[C@@H]2O[C@H](C)[C@@H](OCc3cccc([N+](=O)[O-])c3F)[C@H](N(C)C)[C@H]2O)[C@@H](CC=O)C[C@@H](C)C(=O)/C=C/C(C)=C/[C@@H]1COC. The standard InChI is InChI=1S/C39H57FN2O12/c1-9-32-28(20-50-8)17-22(2)13-14-30(44)23(3)18-26(15-16-43)37(24(4)31(45)19-33(46)53-32)54-39-36(47)35(41(6)7)38(25(5)52-39)51-21-27-11-10-12-29(34(27)40)42(48)49/h10-14,16-17,23-26,28,31-32,35-39,45,47H,9,15,18-21H2,1-8H3/b14-13+,22-17+/t23-,24+,25-,26+,28-,31-,32-,35-,36-,37-,38-,39+/m1/s1. The Morgan fingerprint density at radius 3 is 2.44 bits per heavy atom. The maximum absolute atomic E-state index is 14.9. The van der Waals surface area contributed by atoms with Gasteiger partial charge in [-0.3, -0.25) is 19.7 Å². The number of esters is 1. The van der Waals surface area contributed by atoms with E-state index in [1.807, 2.05) is 19.9 Å². The second-order valence-corrected chi connectivity index (χ2v) is 14.7. The van der Waals surface area contributed by atoms with Crippen LogP contribution in [0, 0.1) is 39.6 Å². The van der Waals surface area contributed by atoms with Crippen molar-refractivity contribution in [3.63, 3.8) is 0 Å². The van der Waals surface area contributed by atoms with Gasteiger partial charge in [-0.15, -0.1) is 0 Å². The Morgan fingerprint density at radius 2 is 1.83 bits per heavy atom. The highest BCUT2D eigenvalue weighted by Crippen LogP contribution is 2.35. The fourth-order valence-electron chi connectivity index (χ4n) is 7.32. The van der Waals surface area contributed by atoms with Gasteiger partial charge < -0.3 is 43.6 Å². The van der Waals surface area contributed by atoms with Gasteiger partial charge in [0.1, 0.15) is 24.6 Å². The van der Waals surface area contributed by atoms with E-state index < -0.39 is 95.5 Å². The molecule has 1 aromatic rings. The summed E-state index contributed by atoms with van der Waals surface area (Å²) in [5.41, 5.74) is 0.0314. The highest BCUT2D eigenvalue weighted by Gasteiger charge is 2.48. The maximum atomic E-state index is 14.9. The first-order valence-electron chi connectivity index (χ1n) is 18.4. The fourth-order valence-corrected chi connectivity index (χ4v) is 7.32. The third kappa shape index (κ3) is 11.8. The molecule has 0 radical (unpaired) electrons. The summed E-state index contributed by atoms with van der Waals surface area (Å²) in [6.07, 6.45) is -1.26. The number of aliphatic hydroxyl groups is 2. The molecule has 0 aliphatic carbocycles. The number of likely N-dealkylation sites (N-methyl/N-ethyl adjacent to an activating group) is 1. The van der Waals surface area contributed by atoms with Gasteiger partial charge >= 0.3 is 11.7 Å². The number of carbonyl (C=O) groups is 3. The van der Waals surface area contributed by atoms with E-state index >= 15 is 0 Å². The van der Waals surface area contributed by atoms with Crippen LogP contribution < -0.4 is 0 Å². The minimum Gasteiger partial charge on any atom is -0.462 e. The number of benzene rings is 1. The van der Waals surface area contributed by atoms with Gasteiger partial charge in [-0.05, 0) is 52.8 Å². The van der Waals surface area contributed by atoms with E-state index in [9.17, 15) is 39.1 Å². The van der Waals surface area contributed by atoms with Crippen molar-refractivity contribution in [3.8, 4) is 0 Å². The summed E-state index contributed by atoms with van der Waals surface area (Å²) in [5, 5.41) is 34.5.